The Morgan fingerprint density at radius 1 is 1.35 bits per heavy atom. The first kappa shape index (κ1) is 12.0. The molecule has 0 spiro atoms. The smallest absolute Gasteiger partial charge is 0.314 e. The molecule has 1 fully saturated rings. The van der Waals surface area contributed by atoms with E-state index in [9.17, 15) is 13.6 Å². The molecule has 92 valence electrons. The van der Waals surface area contributed by atoms with Crippen molar-refractivity contribution in [1.29, 1.82) is 0 Å². The van der Waals surface area contributed by atoms with E-state index in [0.29, 0.717) is 0 Å². The predicted molar refractivity (Wildman–Crippen MR) is 57.5 cm³/mol. The molecular formula is C12H13F2NO2. The third kappa shape index (κ3) is 2.79. The van der Waals surface area contributed by atoms with Crippen LogP contribution in [0.25, 0.3) is 0 Å². The molecule has 2 rings (SSSR count). The van der Waals surface area contributed by atoms with E-state index < -0.39 is 17.6 Å². The number of carbonyl (C=O) groups excluding carboxylic acids is 1. The van der Waals surface area contributed by atoms with Gasteiger partial charge in [-0.05, 0) is 19.0 Å². The molecule has 0 radical (unpaired) electrons. The fourth-order valence-electron chi connectivity index (χ4n) is 1.65. The second-order valence-electron chi connectivity index (χ2n) is 4.23. The Morgan fingerprint density at radius 3 is 2.41 bits per heavy atom. The Labute approximate surface area is 97.8 Å². The van der Waals surface area contributed by atoms with Gasteiger partial charge in [0.1, 0.15) is 17.4 Å². The zero-order valence-corrected chi connectivity index (χ0v) is 9.37. The summed E-state index contributed by atoms with van der Waals surface area (Å²) in [6.07, 6.45) is 0. The van der Waals surface area contributed by atoms with Crippen LogP contribution in [0.2, 0.25) is 0 Å². The van der Waals surface area contributed by atoms with Crippen LogP contribution >= 0.6 is 0 Å². The van der Waals surface area contributed by atoms with Gasteiger partial charge < -0.3 is 10.1 Å². The highest BCUT2D eigenvalue weighted by molar-refractivity contribution is 5.75. The Balaban J connectivity index is 2.01. The molecule has 17 heavy (non-hydrogen) atoms. The molecule has 1 N–H and O–H groups in total. The lowest BCUT2D eigenvalue weighted by molar-refractivity contribution is -0.140. The monoisotopic (exact) mass is 241 g/mol. The van der Waals surface area contributed by atoms with E-state index in [1.165, 1.54) is 0 Å². The van der Waals surface area contributed by atoms with Gasteiger partial charge in [-0.25, -0.2) is 8.78 Å². The van der Waals surface area contributed by atoms with Gasteiger partial charge in [0.15, 0.2) is 0 Å². The summed E-state index contributed by atoms with van der Waals surface area (Å²) < 4.78 is 30.7. The zero-order valence-electron chi connectivity index (χ0n) is 9.37. The predicted octanol–water partition coefficient (Wildman–Crippen LogP) is 1.73. The summed E-state index contributed by atoms with van der Waals surface area (Å²) in [6, 6.07) is 2.72. The summed E-state index contributed by atoms with van der Waals surface area (Å²) in [7, 11) is 0. The molecule has 5 heteroatoms. The highest BCUT2D eigenvalue weighted by Crippen LogP contribution is 2.21. The van der Waals surface area contributed by atoms with E-state index in [-0.39, 0.29) is 17.6 Å². The number of hydrogen-bond donors (Lipinski definition) is 1. The molecule has 1 aliphatic heterocycles. The molecule has 1 saturated heterocycles. The fraction of sp³-hybridized carbons (Fsp3) is 0.417. The van der Waals surface area contributed by atoms with Crippen molar-refractivity contribution < 1.29 is 18.3 Å². The third-order valence-corrected chi connectivity index (χ3v) is 2.95. The fourth-order valence-corrected chi connectivity index (χ4v) is 1.65. The van der Waals surface area contributed by atoms with Gasteiger partial charge in [-0.3, -0.25) is 4.79 Å². The van der Waals surface area contributed by atoms with Gasteiger partial charge in [0.2, 0.25) is 0 Å². The molecule has 1 unspecified atom stereocenters. The minimum absolute atomic E-state index is 0.0911. The van der Waals surface area contributed by atoms with Crippen molar-refractivity contribution in [3.05, 3.63) is 29.8 Å². The van der Waals surface area contributed by atoms with Crippen LogP contribution in [-0.4, -0.2) is 19.1 Å². The first-order chi connectivity index (χ1) is 8.06. The standard InChI is InChI=1S/C12H13F2NO2/c1-7(8-5-15-6-8)12(16)17-11-3-9(13)2-10(14)4-11/h2-4,7-8,15H,5-6H2,1H3. The van der Waals surface area contributed by atoms with Gasteiger partial charge in [0.25, 0.3) is 0 Å². The van der Waals surface area contributed by atoms with Crippen molar-refractivity contribution in [1.82, 2.24) is 5.32 Å². The van der Waals surface area contributed by atoms with Gasteiger partial charge in [-0.15, -0.1) is 0 Å². The van der Waals surface area contributed by atoms with Crippen LogP contribution in [0.5, 0.6) is 5.75 Å². The van der Waals surface area contributed by atoms with E-state index in [1.54, 1.807) is 6.92 Å². The average molecular weight is 241 g/mol. The van der Waals surface area contributed by atoms with Crippen molar-refractivity contribution in [2.24, 2.45) is 11.8 Å². The summed E-state index contributed by atoms with van der Waals surface area (Å²) >= 11 is 0. The zero-order chi connectivity index (χ0) is 12.4. The van der Waals surface area contributed by atoms with Crippen LogP contribution in [0, 0.1) is 23.5 Å². The minimum Gasteiger partial charge on any atom is -0.426 e. The number of benzene rings is 1. The van der Waals surface area contributed by atoms with Gasteiger partial charge in [0, 0.05) is 18.2 Å². The second kappa shape index (κ2) is 4.79. The largest absolute Gasteiger partial charge is 0.426 e. The first-order valence-electron chi connectivity index (χ1n) is 5.45. The van der Waals surface area contributed by atoms with E-state index in [4.69, 9.17) is 4.74 Å². The summed E-state index contributed by atoms with van der Waals surface area (Å²) in [4.78, 5) is 11.7. The summed E-state index contributed by atoms with van der Waals surface area (Å²) in [5.41, 5.74) is 0. The number of rotatable bonds is 3. The van der Waals surface area contributed by atoms with Crippen LogP contribution < -0.4 is 10.1 Å². The molecule has 0 aliphatic carbocycles. The van der Waals surface area contributed by atoms with Gasteiger partial charge in [-0.2, -0.15) is 0 Å². The lowest BCUT2D eigenvalue weighted by atomic mass is 9.89. The average Bonchev–Trinajstić information content (AvgIpc) is 2.12. The van der Waals surface area contributed by atoms with Crippen molar-refractivity contribution in [2.75, 3.05) is 13.1 Å². The summed E-state index contributed by atoms with van der Waals surface area (Å²) in [5, 5.41) is 3.05. The molecule has 1 aromatic rings. The number of esters is 1. The second-order valence-corrected chi connectivity index (χ2v) is 4.23. The molecule has 1 aromatic carbocycles. The number of ether oxygens (including phenoxy) is 1. The topological polar surface area (TPSA) is 38.3 Å². The first-order valence-corrected chi connectivity index (χ1v) is 5.45. The maximum Gasteiger partial charge on any atom is 0.314 e. The number of carbonyl (C=O) groups is 1. The Kier molecular flexibility index (Phi) is 3.38. The van der Waals surface area contributed by atoms with Crippen LogP contribution in [0.15, 0.2) is 18.2 Å². The molecular weight excluding hydrogens is 228 g/mol. The van der Waals surface area contributed by atoms with Crippen molar-refractivity contribution in [2.45, 2.75) is 6.92 Å². The van der Waals surface area contributed by atoms with E-state index in [1.807, 2.05) is 0 Å². The third-order valence-electron chi connectivity index (χ3n) is 2.95. The van der Waals surface area contributed by atoms with Gasteiger partial charge >= 0.3 is 5.97 Å². The Morgan fingerprint density at radius 2 is 1.94 bits per heavy atom. The van der Waals surface area contributed by atoms with E-state index >= 15 is 0 Å². The molecule has 0 bridgehead atoms. The maximum absolute atomic E-state index is 12.9. The van der Waals surface area contributed by atoms with Gasteiger partial charge in [0.05, 0.1) is 5.92 Å². The Hall–Kier alpha value is -1.49. The Bertz CT molecular complexity index is 412. The molecule has 0 aromatic heterocycles. The van der Waals surface area contributed by atoms with Gasteiger partial charge in [-0.1, -0.05) is 6.92 Å². The molecule has 1 atom stereocenters. The molecule has 1 heterocycles. The maximum atomic E-state index is 12.9. The highest BCUT2D eigenvalue weighted by atomic mass is 19.1. The van der Waals surface area contributed by atoms with E-state index in [0.717, 1.165) is 31.3 Å². The molecule has 3 nitrogen and oxygen atoms in total. The number of halogens is 2. The van der Waals surface area contributed by atoms with Crippen molar-refractivity contribution >= 4 is 5.97 Å². The molecule has 1 aliphatic rings. The quantitative estimate of drug-likeness (QED) is 0.647. The van der Waals surface area contributed by atoms with Crippen LogP contribution in [0.3, 0.4) is 0 Å². The van der Waals surface area contributed by atoms with Crippen LogP contribution in [0.1, 0.15) is 6.92 Å². The van der Waals surface area contributed by atoms with Crippen LogP contribution in [-0.2, 0) is 4.79 Å². The summed E-state index contributed by atoms with van der Waals surface area (Å²) in [6.45, 7) is 3.30. The number of hydrogen-bond acceptors (Lipinski definition) is 3. The highest BCUT2D eigenvalue weighted by Gasteiger charge is 2.30. The van der Waals surface area contributed by atoms with Crippen LogP contribution in [0.4, 0.5) is 8.78 Å². The van der Waals surface area contributed by atoms with Crippen molar-refractivity contribution in [3.8, 4) is 5.75 Å². The molecule has 0 amide bonds. The lowest BCUT2D eigenvalue weighted by Crippen LogP contribution is -2.48. The van der Waals surface area contributed by atoms with E-state index in [2.05, 4.69) is 5.32 Å². The number of nitrogens with one attached hydrogen (secondary N) is 1. The SMILES string of the molecule is CC(C(=O)Oc1cc(F)cc(F)c1)C1CNC1. The molecule has 0 saturated carbocycles. The summed E-state index contributed by atoms with van der Waals surface area (Å²) in [5.74, 6) is -2.10. The lowest BCUT2D eigenvalue weighted by Gasteiger charge is -2.31. The minimum atomic E-state index is -0.759. The van der Waals surface area contributed by atoms with Crippen molar-refractivity contribution in [3.63, 3.8) is 0 Å². The normalized spacial score (nSPS) is 17.4.